The zero-order valence-corrected chi connectivity index (χ0v) is 11.6. The fourth-order valence-corrected chi connectivity index (χ4v) is 2.20. The summed E-state index contributed by atoms with van der Waals surface area (Å²) in [6.07, 6.45) is 3.45. The SMILES string of the molecule is Cc1nccn1CCOc1ccc(S(N)(=O)=O)cc1F. The number of sulfonamides is 1. The van der Waals surface area contributed by atoms with E-state index in [1.54, 1.807) is 12.4 Å². The van der Waals surface area contributed by atoms with Crippen LogP contribution in [0.4, 0.5) is 4.39 Å². The highest BCUT2D eigenvalue weighted by Gasteiger charge is 2.12. The minimum atomic E-state index is -3.91. The van der Waals surface area contributed by atoms with Crippen molar-refractivity contribution in [3.63, 3.8) is 0 Å². The maximum Gasteiger partial charge on any atom is 0.238 e. The molecule has 1 aromatic carbocycles. The van der Waals surface area contributed by atoms with Gasteiger partial charge in [0.05, 0.1) is 11.4 Å². The summed E-state index contributed by atoms with van der Waals surface area (Å²) < 4.78 is 42.9. The van der Waals surface area contributed by atoms with E-state index in [2.05, 4.69) is 4.98 Å². The van der Waals surface area contributed by atoms with Gasteiger partial charge in [-0.2, -0.15) is 0 Å². The first-order chi connectivity index (χ1) is 9.38. The van der Waals surface area contributed by atoms with Gasteiger partial charge in [-0.25, -0.2) is 22.9 Å². The van der Waals surface area contributed by atoms with Crippen LogP contribution in [-0.2, 0) is 16.6 Å². The largest absolute Gasteiger partial charge is 0.489 e. The molecule has 2 N–H and O–H groups in total. The summed E-state index contributed by atoms with van der Waals surface area (Å²) in [6, 6.07) is 3.29. The van der Waals surface area contributed by atoms with Crippen molar-refractivity contribution < 1.29 is 17.5 Å². The van der Waals surface area contributed by atoms with Gasteiger partial charge < -0.3 is 9.30 Å². The minimum absolute atomic E-state index is 0.0184. The molecule has 0 radical (unpaired) electrons. The normalized spacial score (nSPS) is 11.6. The summed E-state index contributed by atoms with van der Waals surface area (Å²) in [7, 11) is -3.91. The van der Waals surface area contributed by atoms with Crippen LogP contribution in [0.5, 0.6) is 5.75 Å². The molecule has 0 saturated heterocycles. The first-order valence-electron chi connectivity index (χ1n) is 5.81. The molecule has 1 heterocycles. The average molecular weight is 299 g/mol. The Morgan fingerprint density at radius 1 is 1.45 bits per heavy atom. The highest BCUT2D eigenvalue weighted by Crippen LogP contribution is 2.20. The number of aryl methyl sites for hydroxylation is 1. The molecule has 0 saturated carbocycles. The van der Waals surface area contributed by atoms with Gasteiger partial charge in [0, 0.05) is 12.4 Å². The Labute approximate surface area is 116 Å². The Kier molecular flexibility index (Phi) is 4.05. The maximum atomic E-state index is 13.7. The van der Waals surface area contributed by atoms with Crippen molar-refractivity contribution >= 4 is 10.0 Å². The second-order valence-corrected chi connectivity index (χ2v) is 5.71. The highest BCUT2D eigenvalue weighted by molar-refractivity contribution is 7.89. The Morgan fingerprint density at radius 3 is 2.75 bits per heavy atom. The van der Waals surface area contributed by atoms with E-state index in [1.807, 2.05) is 11.5 Å². The summed E-state index contributed by atoms with van der Waals surface area (Å²) >= 11 is 0. The van der Waals surface area contributed by atoms with Gasteiger partial charge in [-0.3, -0.25) is 0 Å². The molecule has 0 aliphatic rings. The van der Waals surface area contributed by atoms with Gasteiger partial charge in [-0.15, -0.1) is 0 Å². The van der Waals surface area contributed by atoms with Gasteiger partial charge in [0.1, 0.15) is 12.4 Å². The molecule has 8 heteroatoms. The smallest absolute Gasteiger partial charge is 0.238 e. The molecular weight excluding hydrogens is 285 g/mol. The minimum Gasteiger partial charge on any atom is -0.489 e. The zero-order chi connectivity index (χ0) is 14.8. The third-order valence-corrected chi connectivity index (χ3v) is 3.66. The van der Waals surface area contributed by atoms with Gasteiger partial charge in [0.2, 0.25) is 10.0 Å². The van der Waals surface area contributed by atoms with Gasteiger partial charge in [0.25, 0.3) is 0 Å². The number of ether oxygens (including phenoxy) is 1. The summed E-state index contributed by atoms with van der Waals surface area (Å²) in [5, 5.41) is 4.91. The molecule has 108 valence electrons. The van der Waals surface area contributed by atoms with Crippen molar-refractivity contribution in [3.8, 4) is 5.75 Å². The summed E-state index contributed by atoms with van der Waals surface area (Å²) in [5.74, 6) is 0.0488. The lowest BCUT2D eigenvalue weighted by molar-refractivity contribution is 0.283. The van der Waals surface area contributed by atoms with Crippen LogP contribution in [0, 0.1) is 12.7 Å². The maximum absolute atomic E-state index is 13.7. The third kappa shape index (κ3) is 3.34. The van der Waals surface area contributed by atoms with Crippen molar-refractivity contribution in [1.82, 2.24) is 9.55 Å². The molecule has 0 bridgehead atoms. The number of primary sulfonamides is 1. The van der Waals surface area contributed by atoms with Crippen LogP contribution in [0.1, 0.15) is 5.82 Å². The molecule has 2 aromatic rings. The predicted molar refractivity (Wildman–Crippen MR) is 70.2 cm³/mol. The molecule has 2 rings (SSSR count). The van der Waals surface area contributed by atoms with Crippen LogP contribution < -0.4 is 9.88 Å². The van der Waals surface area contributed by atoms with Crippen LogP contribution in [0.2, 0.25) is 0 Å². The number of hydrogen-bond acceptors (Lipinski definition) is 4. The number of imidazole rings is 1. The number of rotatable bonds is 5. The summed E-state index contributed by atoms with van der Waals surface area (Å²) in [6.45, 7) is 2.60. The van der Waals surface area contributed by atoms with E-state index in [-0.39, 0.29) is 17.3 Å². The molecule has 0 atom stereocenters. The summed E-state index contributed by atoms with van der Waals surface area (Å²) in [5.41, 5.74) is 0. The van der Waals surface area contributed by atoms with E-state index in [1.165, 1.54) is 12.1 Å². The van der Waals surface area contributed by atoms with E-state index >= 15 is 0 Å². The highest BCUT2D eigenvalue weighted by atomic mass is 32.2. The Morgan fingerprint density at radius 2 is 2.20 bits per heavy atom. The van der Waals surface area contributed by atoms with Crippen molar-refractivity contribution in [1.29, 1.82) is 0 Å². The van der Waals surface area contributed by atoms with E-state index in [9.17, 15) is 12.8 Å². The topological polar surface area (TPSA) is 87.2 Å². The fourth-order valence-electron chi connectivity index (χ4n) is 1.67. The van der Waals surface area contributed by atoms with Crippen LogP contribution in [0.25, 0.3) is 0 Å². The van der Waals surface area contributed by atoms with E-state index in [0.717, 1.165) is 11.9 Å². The molecule has 1 aromatic heterocycles. The third-order valence-electron chi connectivity index (χ3n) is 2.75. The van der Waals surface area contributed by atoms with Crippen molar-refractivity contribution in [2.75, 3.05) is 6.61 Å². The Hall–Kier alpha value is -1.93. The van der Waals surface area contributed by atoms with Crippen molar-refractivity contribution in [2.45, 2.75) is 18.4 Å². The monoisotopic (exact) mass is 299 g/mol. The first kappa shape index (κ1) is 14.5. The van der Waals surface area contributed by atoms with Gasteiger partial charge in [0.15, 0.2) is 11.6 Å². The molecule has 6 nitrogen and oxygen atoms in total. The molecule has 0 fully saturated rings. The second-order valence-electron chi connectivity index (χ2n) is 4.15. The van der Waals surface area contributed by atoms with Gasteiger partial charge in [-0.1, -0.05) is 0 Å². The van der Waals surface area contributed by atoms with Crippen molar-refractivity contribution in [3.05, 3.63) is 42.2 Å². The zero-order valence-electron chi connectivity index (χ0n) is 10.8. The van der Waals surface area contributed by atoms with Crippen LogP contribution in [0.15, 0.2) is 35.5 Å². The molecule has 0 aliphatic heterocycles. The lowest BCUT2D eigenvalue weighted by Gasteiger charge is -2.09. The average Bonchev–Trinajstić information content (AvgIpc) is 2.76. The second kappa shape index (κ2) is 5.59. The first-order valence-corrected chi connectivity index (χ1v) is 7.35. The molecule has 20 heavy (non-hydrogen) atoms. The number of hydrogen-bond donors (Lipinski definition) is 1. The number of nitrogens with two attached hydrogens (primary N) is 1. The predicted octanol–water partition coefficient (Wildman–Crippen LogP) is 1.06. The quantitative estimate of drug-likeness (QED) is 0.894. The van der Waals surface area contributed by atoms with Crippen molar-refractivity contribution in [2.24, 2.45) is 5.14 Å². The van der Waals surface area contributed by atoms with Gasteiger partial charge in [-0.05, 0) is 25.1 Å². The Balaban J connectivity index is 2.02. The van der Waals surface area contributed by atoms with Crippen LogP contribution in [0.3, 0.4) is 0 Å². The Bertz CT molecular complexity index is 712. The van der Waals surface area contributed by atoms with E-state index in [4.69, 9.17) is 9.88 Å². The lowest BCUT2D eigenvalue weighted by atomic mass is 10.3. The van der Waals surface area contributed by atoms with E-state index in [0.29, 0.717) is 6.54 Å². The van der Waals surface area contributed by atoms with Crippen LogP contribution >= 0.6 is 0 Å². The fraction of sp³-hybridized carbons (Fsp3) is 0.250. The molecule has 0 unspecified atom stereocenters. The lowest BCUT2D eigenvalue weighted by Crippen LogP contribution is -2.13. The molecule has 0 amide bonds. The number of benzene rings is 1. The number of nitrogens with zero attached hydrogens (tertiary/aromatic N) is 2. The van der Waals surface area contributed by atoms with E-state index < -0.39 is 15.8 Å². The molecule has 0 aliphatic carbocycles. The number of halogens is 1. The summed E-state index contributed by atoms with van der Waals surface area (Å²) in [4.78, 5) is 3.77. The standard InChI is InChI=1S/C12H14FN3O3S/c1-9-15-4-5-16(9)6-7-19-12-3-2-10(8-11(12)13)20(14,17)18/h2-5,8H,6-7H2,1H3,(H2,14,17,18). The molecule has 0 spiro atoms. The number of aromatic nitrogens is 2. The molecular formula is C12H14FN3O3S. The van der Waals surface area contributed by atoms with Crippen LogP contribution in [-0.4, -0.2) is 24.6 Å². The van der Waals surface area contributed by atoms with Gasteiger partial charge >= 0.3 is 0 Å².